The molecule has 2 amide bonds. The number of benzene rings is 2. The minimum Gasteiger partial charge on any atom is -0.485 e. The van der Waals surface area contributed by atoms with Gasteiger partial charge in [0.1, 0.15) is 23.3 Å². The van der Waals surface area contributed by atoms with E-state index < -0.39 is 11.8 Å². The van der Waals surface area contributed by atoms with Gasteiger partial charge in [-0.15, -0.1) is 0 Å². The van der Waals surface area contributed by atoms with Gasteiger partial charge in [-0.05, 0) is 54.3 Å². The molecule has 1 aromatic heterocycles. The molecule has 0 saturated heterocycles. The number of pyridine rings is 1. The third-order valence-electron chi connectivity index (χ3n) is 4.98. The molecule has 30 heavy (non-hydrogen) atoms. The number of aryl methyl sites for hydroxylation is 1. The number of rotatable bonds is 4. The molecule has 152 valence electrons. The van der Waals surface area contributed by atoms with Gasteiger partial charge in [-0.3, -0.25) is 9.59 Å². The Kier molecular flexibility index (Phi) is 5.48. The highest BCUT2D eigenvalue weighted by Crippen LogP contribution is 2.38. The van der Waals surface area contributed by atoms with Crippen LogP contribution in [0.4, 0.5) is 5.69 Å². The molecule has 1 atom stereocenters. The fraction of sp³-hybridized carbons (Fsp3) is 0.208. The molecule has 3 aromatic rings. The van der Waals surface area contributed by atoms with Crippen molar-refractivity contribution in [2.75, 3.05) is 4.90 Å². The number of carbonyl (C=O) groups excluding carboxylic acids is 2. The third kappa shape index (κ3) is 4.03. The van der Waals surface area contributed by atoms with Gasteiger partial charge in [0.25, 0.3) is 0 Å². The van der Waals surface area contributed by atoms with E-state index in [-0.39, 0.29) is 12.0 Å². The summed E-state index contributed by atoms with van der Waals surface area (Å²) in [5.74, 6) is 0.805. The minimum atomic E-state index is -0.397. The average molecular weight is 402 g/mol. The summed E-state index contributed by atoms with van der Waals surface area (Å²) in [6.45, 7) is 2.66. The highest BCUT2D eigenvalue weighted by molar-refractivity contribution is 6.13. The van der Waals surface area contributed by atoms with Gasteiger partial charge in [0.05, 0.1) is 0 Å². The number of fused-ring (bicyclic) bond motifs is 1. The molecule has 0 saturated carbocycles. The topological polar surface area (TPSA) is 68.7 Å². The molecule has 0 bridgehead atoms. The van der Waals surface area contributed by atoms with Crippen LogP contribution in [0.15, 0.2) is 66.9 Å². The van der Waals surface area contributed by atoms with Crippen LogP contribution in [0.1, 0.15) is 37.5 Å². The molecule has 2 heterocycles. The SMILES string of the molecule is CC(=O)N(C(C)=O)c1cccnc1Oc1ccc2c(c1)CC[C@@H](c1ccccc1)O2. The molecule has 6 heteroatoms. The molecular weight excluding hydrogens is 380 g/mol. The molecule has 0 N–H and O–H groups in total. The molecule has 0 unspecified atom stereocenters. The number of hydrogen-bond acceptors (Lipinski definition) is 5. The van der Waals surface area contributed by atoms with E-state index in [0.717, 1.165) is 34.6 Å². The fourth-order valence-corrected chi connectivity index (χ4v) is 3.63. The van der Waals surface area contributed by atoms with Crippen molar-refractivity contribution in [2.45, 2.75) is 32.8 Å². The summed E-state index contributed by atoms with van der Waals surface area (Å²) in [6, 6.07) is 19.1. The molecule has 1 aliphatic rings. The number of anilines is 1. The maximum absolute atomic E-state index is 11.9. The Morgan fingerprint density at radius 2 is 1.80 bits per heavy atom. The average Bonchev–Trinajstić information content (AvgIpc) is 2.75. The summed E-state index contributed by atoms with van der Waals surface area (Å²) in [7, 11) is 0. The first-order valence-corrected chi connectivity index (χ1v) is 9.81. The Labute approximate surface area is 175 Å². The molecule has 0 fully saturated rings. The predicted molar refractivity (Wildman–Crippen MR) is 113 cm³/mol. The molecule has 6 nitrogen and oxygen atoms in total. The van der Waals surface area contributed by atoms with Crippen LogP contribution in [0, 0.1) is 0 Å². The molecule has 1 aliphatic heterocycles. The zero-order valence-corrected chi connectivity index (χ0v) is 16.9. The van der Waals surface area contributed by atoms with Crippen LogP contribution in [0.3, 0.4) is 0 Å². The summed E-state index contributed by atoms with van der Waals surface area (Å²) < 4.78 is 12.1. The Bertz CT molecular complexity index is 1070. The molecule has 0 spiro atoms. The molecule has 4 rings (SSSR count). The number of ether oxygens (including phenoxy) is 2. The smallest absolute Gasteiger partial charge is 0.243 e. The Hall–Kier alpha value is -3.67. The first-order chi connectivity index (χ1) is 14.5. The van der Waals surface area contributed by atoms with Crippen molar-refractivity contribution in [3.05, 3.63) is 78.0 Å². The van der Waals surface area contributed by atoms with Crippen LogP contribution in [-0.4, -0.2) is 16.8 Å². The van der Waals surface area contributed by atoms with Crippen LogP contribution in [-0.2, 0) is 16.0 Å². The van der Waals surface area contributed by atoms with Crippen molar-refractivity contribution in [2.24, 2.45) is 0 Å². The summed E-state index contributed by atoms with van der Waals surface area (Å²) in [4.78, 5) is 29.1. The van der Waals surface area contributed by atoms with E-state index in [0.29, 0.717) is 11.4 Å². The zero-order chi connectivity index (χ0) is 21.1. The van der Waals surface area contributed by atoms with Crippen molar-refractivity contribution in [3.63, 3.8) is 0 Å². The van der Waals surface area contributed by atoms with Gasteiger partial charge >= 0.3 is 0 Å². The Balaban J connectivity index is 1.57. The van der Waals surface area contributed by atoms with Crippen LogP contribution in [0.2, 0.25) is 0 Å². The van der Waals surface area contributed by atoms with Crippen molar-refractivity contribution in [3.8, 4) is 17.4 Å². The largest absolute Gasteiger partial charge is 0.485 e. The summed E-state index contributed by atoms with van der Waals surface area (Å²) >= 11 is 0. The lowest BCUT2D eigenvalue weighted by molar-refractivity contribution is -0.124. The highest BCUT2D eigenvalue weighted by atomic mass is 16.5. The first kappa shape index (κ1) is 19.6. The zero-order valence-electron chi connectivity index (χ0n) is 16.9. The quantitative estimate of drug-likeness (QED) is 0.625. The van der Waals surface area contributed by atoms with Gasteiger partial charge in [-0.2, -0.15) is 0 Å². The number of hydrogen-bond donors (Lipinski definition) is 0. The van der Waals surface area contributed by atoms with E-state index in [9.17, 15) is 9.59 Å². The van der Waals surface area contributed by atoms with Crippen LogP contribution in [0.5, 0.6) is 17.4 Å². The van der Waals surface area contributed by atoms with Crippen molar-refractivity contribution >= 4 is 17.5 Å². The van der Waals surface area contributed by atoms with Gasteiger partial charge in [-0.25, -0.2) is 9.88 Å². The van der Waals surface area contributed by atoms with Crippen LogP contribution in [0.25, 0.3) is 0 Å². The van der Waals surface area contributed by atoms with Gasteiger partial charge in [0.15, 0.2) is 0 Å². The van der Waals surface area contributed by atoms with Crippen molar-refractivity contribution < 1.29 is 19.1 Å². The van der Waals surface area contributed by atoms with Crippen molar-refractivity contribution in [1.82, 2.24) is 4.98 Å². The van der Waals surface area contributed by atoms with E-state index in [2.05, 4.69) is 17.1 Å². The number of carbonyl (C=O) groups is 2. The summed E-state index contributed by atoms with van der Waals surface area (Å²) in [5.41, 5.74) is 2.53. The van der Waals surface area contributed by atoms with E-state index in [4.69, 9.17) is 9.47 Å². The van der Waals surface area contributed by atoms with Crippen molar-refractivity contribution in [1.29, 1.82) is 0 Å². The molecular formula is C24H22N2O4. The lowest BCUT2D eigenvalue weighted by Crippen LogP contribution is -2.33. The van der Waals surface area contributed by atoms with E-state index in [1.54, 1.807) is 24.4 Å². The van der Waals surface area contributed by atoms with Gasteiger partial charge in [0.2, 0.25) is 17.7 Å². The monoisotopic (exact) mass is 402 g/mol. The van der Waals surface area contributed by atoms with E-state index >= 15 is 0 Å². The predicted octanol–water partition coefficient (Wildman–Crippen LogP) is 4.84. The second kappa shape index (κ2) is 8.37. The van der Waals surface area contributed by atoms with Crippen LogP contribution < -0.4 is 14.4 Å². The van der Waals surface area contributed by atoms with Gasteiger partial charge in [0, 0.05) is 20.0 Å². The number of imide groups is 1. The van der Waals surface area contributed by atoms with E-state index in [1.165, 1.54) is 13.8 Å². The maximum Gasteiger partial charge on any atom is 0.243 e. The number of nitrogens with zero attached hydrogens (tertiary/aromatic N) is 2. The second-order valence-corrected chi connectivity index (χ2v) is 7.13. The van der Waals surface area contributed by atoms with Gasteiger partial charge in [-0.1, -0.05) is 30.3 Å². The van der Waals surface area contributed by atoms with Gasteiger partial charge < -0.3 is 9.47 Å². The lowest BCUT2D eigenvalue weighted by atomic mass is 9.97. The maximum atomic E-state index is 11.9. The Morgan fingerprint density at radius 3 is 2.53 bits per heavy atom. The number of amides is 2. The first-order valence-electron chi connectivity index (χ1n) is 9.81. The standard InChI is InChI=1S/C24H22N2O4/c1-16(27)26(17(2)28)21-9-6-14-25-24(21)29-20-11-13-23-19(15-20)10-12-22(30-23)18-7-4-3-5-8-18/h3-9,11,13-15,22H,10,12H2,1-2H3/t22-/m0/s1. The Morgan fingerprint density at radius 1 is 1.03 bits per heavy atom. The third-order valence-corrected chi connectivity index (χ3v) is 4.98. The fourth-order valence-electron chi connectivity index (χ4n) is 3.63. The lowest BCUT2D eigenvalue weighted by Gasteiger charge is -2.27. The highest BCUT2D eigenvalue weighted by Gasteiger charge is 2.24. The summed E-state index contributed by atoms with van der Waals surface area (Å²) in [6.07, 6.45) is 3.32. The second-order valence-electron chi connectivity index (χ2n) is 7.13. The number of aromatic nitrogens is 1. The molecule has 2 aromatic carbocycles. The molecule has 0 radical (unpaired) electrons. The van der Waals surface area contributed by atoms with Crippen LogP contribution >= 0.6 is 0 Å². The molecule has 0 aliphatic carbocycles. The normalized spacial score (nSPS) is 14.9. The van der Waals surface area contributed by atoms with E-state index in [1.807, 2.05) is 30.3 Å². The minimum absolute atomic E-state index is 0.0348. The summed E-state index contributed by atoms with van der Waals surface area (Å²) in [5, 5.41) is 0.